The number of guanidine groups is 1. The Balaban J connectivity index is 1.67. The van der Waals surface area contributed by atoms with E-state index < -0.39 is 5.82 Å². The van der Waals surface area contributed by atoms with Crippen molar-refractivity contribution >= 4 is 17.3 Å². The molecule has 1 fully saturated rings. The van der Waals surface area contributed by atoms with E-state index in [0.29, 0.717) is 23.1 Å². The van der Waals surface area contributed by atoms with Crippen molar-refractivity contribution < 1.29 is 4.39 Å². The lowest BCUT2D eigenvalue weighted by atomic mass is 10.1. The number of thiophene rings is 1. The lowest BCUT2D eigenvalue weighted by Crippen LogP contribution is -2.42. The molecule has 1 aliphatic rings. The minimum Gasteiger partial charge on any atom is -0.357 e. The monoisotopic (exact) mass is 399 g/mol. The average Bonchev–Trinajstić information content (AvgIpc) is 3.41. The van der Waals surface area contributed by atoms with Gasteiger partial charge >= 0.3 is 0 Å². The number of aliphatic imine (C=N–C) groups is 1. The van der Waals surface area contributed by atoms with Gasteiger partial charge in [0.25, 0.3) is 0 Å². The number of likely N-dealkylation sites (tertiary alicyclic amines) is 1. The summed E-state index contributed by atoms with van der Waals surface area (Å²) in [6, 6.07) is 11.0. The summed E-state index contributed by atoms with van der Waals surface area (Å²) < 4.78 is 14.1. The largest absolute Gasteiger partial charge is 0.357 e. The fraction of sp³-hybridized carbons (Fsp3) is 0.429. The summed E-state index contributed by atoms with van der Waals surface area (Å²) in [4.78, 5) is 8.40. The molecule has 1 aliphatic heterocycles. The smallest absolute Gasteiger partial charge is 0.191 e. The van der Waals surface area contributed by atoms with E-state index in [4.69, 9.17) is 5.26 Å². The average molecular weight is 400 g/mol. The highest BCUT2D eigenvalue weighted by atomic mass is 32.1. The number of nitrogens with one attached hydrogen (secondary N) is 2. The third-order valence-corrected chi connectivity index (χ3v) is 5.82. The molecule has 0 amide bonds. The molecule has 7 heteroatoms. The first kappa shape index (κ1) is 20.3. The van der Waals surface area contributed by atoms with Crippen LogP contribution < -0.4 is 10.6 Å². The van der Waals surface area contributed by atoms with Gasteiger partial charge in [-0.05, 0) is 56.4 Å². The number of rotatable bonds is 7. The molecule has 0 bridgehead atoms. The van der Waals surface area contributed by atoms with E-state index in [1.807, 2.05) is 13.0 Å². The van der Waals surface area contributed by atoms with Gasteiger partial charge in [0.1, 0.15) is 5.82 Å². The quantitative estimate of drug-likeness (QED) is 0.551. The van der Waals surface area contributed by atoms with Crippen molar-refractivity contribution in [3.05, 3.63) is 57.5 Å². The Bertz CT molecular complexity index is 822. The molecule has 2 aromatic rings. The number of halogens is 1. The molecule has 3 rings (SSSR count). The predicted molar refractivity (Wildman–Crippen MR) is 112 cm³/mol. The molecule has 5 nitrogen and oxygen atoms in total. The standard InChI is InChI=1S/C21H26FN5S/c1-2-24-21(25-14-17-8-7-16(13-23)12-18(17)22)26-15-19(20-6-5-11-28-20)27-9-3-4-10-27/h5-8,11-12,19H,2-4,9-10,14-15H2,1H3,(H2,24,25,26). The molecule has 1 unspecified atom stereocenters. The fourth-order valence-corrected chi connectivity index (χ4v) is 4.25. The van der Waals surface area contributed by atoms with Crippen LogP contribution in [0.1, 0.15) is 41.8 Å². The second kappa shape index (κ2) is 10.2. The van der Waals surface area contributed by atoms with Gasteiger partial charge in [-0.15, -0.1) is 11.3 Å². The molecule has 0 radical (unpaired) electrons. The molecule has 2 N–H and O–H groups in total. The van der Waals surface area contributed by atoms with Crippen LogP contribution in [0.25, 0.3) is 0 Å². The summed E-state index contributed by atoms with van der Waals surface area (Å²) in [7, 11) is 0. The van der Waals surface area contributed by atoms with Crippen molar-refractivity contribution in [2.24, 2.45) is 4.99 Å². The SMILES string of the molecule is CCNC(=NCc1ccc(C#N)cc1F)NCC(c1cccs1)N1CCCC1. The fourth-order valence-electron chi connectivity index (χ4n) is 3.39. The molecule has 2 heterocycles. The number of nitrogens with zero attached hydrogens (tertiary/aromatic N) is 3. The van der Waals surface area contributed by atoms with Crippen LogP contribution in [-0.4, -0.2) is 37.0 Å². The summed E-state index contributed by atoms with van der Waals surface area (Å²) >= 11 is 1.78. The van der Waals surface area contributed by atoms with Gasteiger partial charge in [-0.2, -0.15) is 5.26 Å². The van der Waals surface area contributed by atoms with E-state index in [1.54, 1.807) is 23.5 Å². The molecule has 1 aromatic carbocycles. The maximum absolute atomic E-state index is 14.1. The topological polar surface area (TPSA) is 63.5 Å². The van der Waals surface area contributed by atoms with Crippen LogP contribution in [0.5, 0.6) is 0 Å². The van der Waals surface area contributed by atoms with Crippen LogP contribution in [-0.2, 0) is 6.54 Å². The van der Waals surface area contributed by atoms with Crippen LogP contribution >= 0.6 is 11.3 Å². The summed E-state index contributed by atoms with van der Waals surface area (Å²) in [6.45, 7) is 5.96. The first-order valence-corrected chi connectivity index (χ1v) is 10.6. The molecular formula is C21H26FN5S. The normalized spacial score (nSPS) is 16.0. The molecule has 28 heavy (non-hydrogen) atoms. The lowest BCUT2D eigenvalue weighted by Gasteiger charge is -2.27. The zero-order valence-electron chi connectivity index (χ0n) is 16.1. The molecule has 1 aromatic heterocycles. The number of hydrogen-bond acceptors (Lipinski definition) is 4. The van der Waals surface area contributed by atoms with Crippen LogP contribution in [0.15, 0.2) is 40.7 Å². The minimum absolute atomic E-state index is 0.222. The Morgan fingerprint density at radius 1 is 1.32 bits per heavy atom. The zero-order chi connectivity index (χ0) is 19.8. The number of nitriles is 1. The van der Waals surface area contributed by atoms with Gasteiger partial charge in [-0.1, -0.05) is 12.1 Å². The van der Waals surface area contributed by atoms with Crippen molar-refractivity contribution in [2.75, 3.05) is 26.2 Å². The van der Waals surface area contributed by atoms with Crippen molar-refractivity contribution in [2.45, 2.75) is 32.4 Å². The van der Waals surface area contributed by atoms with Crippen molar-refractivity contribution in [3.63, 3.8) is 0 Å². The number of benzene rings is 1. The van der Waals surface area contributed by atoms with Gasteiger partial charge in [0, 0.05) is 23.5 Å². The Labute approximate surface area is 169 Å². The van der Waals surface area contributed by atoms with Gasteiger partial charge < -0.3 is 10.6 Å². The second-order valence-corrected chi connectivity index (χ2v) is 7.75. The van der Waals surface area contributed by atoms with Crippen molar-refractivity contribution in [1.29, 1.82) is 5.26 Å². The van der Waals surface area contributed by atoms with Gasteiger partial charge in [-0.3, -0.25) is 4.90 Å². The van der Waals surface area contributed by atoms with Gasteiger partial charge in [-0.25, -0.2) is 9.38 Å². The first-order valence-electron chi connectivity index (χ1n) is 9.69. The third kappa shape index (κ3) is 5.31. The van der Waals surface area contributed by atoms with E-state index in [1.165, 1.54) is 23.8 Å². The van der Waals surface area contributed by atoms with Gasteiger partial charge in [0.05, 0.1) is 24.2 Å². The molecule has 148 valence electrons. The summed E-state index contributed by atoms with van der Waals surface area (Å²) in [5, 5.41) is 17.6. The Kier molecular flexibility index (Phi) is 7.40. The van der Waals surface area contributed by atoms with Crippen LogP contribution in [0.2, 0.25) is 0 Å². The Hall–Kier alpha value is -2.43. The zero-order valence-corrected chi connectivity index (χ0v) is 16.9. The van der Waals surface area contributed by atoms with Crippen LogP contribution in [0.3, 0.4) is 0 Å². The molecule has 0 aliphatic carbocycles. The van der Waals surface area contributed by atoms with E-state index in [2.05, 4.69) is 38.0 Å². The molecular weight excluding hydrogens is 373 g/mol. The minimum atomic E-state index is -0.396. The molecule has 0 spiro atoms. The summed E-state index contributed by atoms with van der Waals surface area (Å²) in [5.41, 5.74) is 0.796. The van der Waals surface area contributed by atoms with Crippen LogP contribution in [0, 0.1) is 17.1 Å². The molecule has 0 saturated carbocycles. The van der Waals surface area contributed by atoms with E-state index >= 15 is 0 Å². The summed E-state index contributed by atoms with van der Waals surface area (Å²) in [6.07, 6.45) is 2.49. The highest BCUT2D eigenvalue weighted by molar-refractivity contribution is 7.10. The first-order chi connectivity index (χ1) is 13.7. The summed E-state index contributed by atoms with van der Waals surface area (Å²) in [5.74, 6) is 0.277. The van der Waals surface area contributed by atoms with Crippen molar-refractivity contribution in [3.8, 4) is 6.07 Å². The van der Waals surface area contributed by atoms with Crippen LogP contribution in [0.4, 0.5) is 4.39 Å². The lowest BCUT2D eigenvalue weighted by molar-refractivity contribution is 0.249. The Morgan fingerprint density at radius 2 is 2.14 bits per heavy atom. The van der Waals surface area contributed by atoms with Gasteiger partial charge in [0.2, 0.25) is 0 Å². The highest BCUT2D eigenvalue weighted by Gasteiger charge is 2.24. The van der Waals surface area contributed by atoms with E-state index in [0.717, 1.165) is 26.2 Å². The van der Waals surface area contributed by atoms with E-state index in [-0.39, 0.29) is 6.54 Å². The van der Waals surface area contributed by atoms with Crippen molar-refractivity contribution in [1.82, 2.24) is 15.5 Å². The Morgan fingerprint density at radius 3 is 2.79 bits per heavy atom. The second-order valence-electron chi connectivity index (χ2n) is 6.77. The maximum atomic E-state index is 14.1. The third-order valence-electron chi connectivity index (χ3n) is 4.85. The van der Waals surface area contributed by atoms with E-state index in [9.17, 15) is 4.39 Å². The number of hydrogen-bond donors (Lipinski definition) is 2. The van der Waals surface area contributed by atoms with Gasteiger partial charge in [0.15, 0.2) is 5.96 Å². The highest BCUT2D eigenvalue weighted by Crippen LogP contribution is 2.27. The molecule has 1 saturated heterocycles. The predicted octanol–water partition coefficient (Wildman–Crippen LogP) is 3.65. The maximum Gasteiger partial charge on any atom is 0.191 e. The molecule has 1 atom stereocenters.